The number of benzene rings is 2. The van der Waals surface area contributed by atoms with Gasteiger partial charge in [0.05, 0.1) is 18.9 Å². The highest BCUT2D eigenvalue weighted by atomic mass is 16.5. The third kappa shape index (κ3) is 1.99. The van der Waals surface area contributed by atoms with Crippen LogP contribution >= 0.6 is 0 Å². The van der Waals surface area contributed by atoms with Crippen molar-refractivity contribution in [2.45, 2.75) is 6.42 Å². The van der Waals surface area contributed by atoms with Gasteiger partial charge in [0.1, 0.15) is 0 Å². The molecule has 0 bridgehead atoms. The summed E-state index contributed by atoms with van der Waals surface area (Å²) in [7, 11) is 0. The predicted molar refractivity (Wildman–Crippen MR) is 80.7 cm³/mol. The fourth-order valence-electron chi connectivity index (χ4n) is 3.11. The number of morpholine rings is 1. The average Bonchev–Trinajstić information content (AvgIpc) is 2.88. The third-order valence-electron chi connectivity index (χ3n) is 4.14. The van der Waals surface area contributed by atoms with Gasteiger partial charge in [0, 0.05) is 19.5 Å². The molecule has 1 heterocycles. The number of hydrogen-bond donors (Lipinski definition) is 1. The molecule has 2 aromatic carbocycles. The first-order chi connectivity index (χ1) is 9.92. The lowest BCUT2D eigenvalue weighted by atomic mass is 10.1. The molecule has 0 spiro atoms. The minimum Gasteiger partial charge on any atom is -0.379 e. The van der Waals surface area contributed by atoms with E-state index in [1.165, 1.54) is 27.9 Å². The van der Waals surface area contributed by atoms with E-state index in [9.17, 15) is 0 Å². The molecule has 1 fully saturated rings. The summed E-state index contributed by atoms with van der Waals surface area (Å²) in [5.74, 6) is 0. The van der Waals surface area contributed by atoms with Crippen molar-refractivity contribution in [3.05, 3.63) is 53.6 Å². The standard InChI is InChI=1S/C17H18N2O/c1-2-5-14-13(4-1)12-16-15(14)6-3-7-17(16)18-19-8-10-20-11-9-19/h1-7,18H,8-12H2. The zero-order valence-electron chi connectivity index (χ0n) is 11.4. The normalized spacial score (nSPS) is 17.6. The van der Waals surface area contributed by atoms with Crippen LogP contribution < -0.4 is 5.43 Å². The molecule has 0 amide bonds. The van der Waals surface area contributed by atoms with Crippen LogP contribution in [0.3, 0.4) is 0 Å². The Balaban J connectivity index is 1.66. The highest BCUT2D eigenvalue weighted by Gasteiger charge is 2.21. The van der Waals surface area contributed by atoms with Crippen molar-refractivity contribution >= 4 is 5.69 Å². The van der Waals surface area contributed by atoms with E-state index in [1.54, 1.807) is 0 Å². The second kappa shape index (κ2) is 4.93. The fraction of sp³-hybridized carbons (Fsp3) is 0.294. The number of hydrazine groups is 1. The number of ether oxygens (including phenoxy) is 1. The summed E-state index contributed by atoms with van der Waals surface area (Å²) in [6.45, 7) is 3.50. The number of rotatable bonds is 2. The van der Waals surface area contributed by atoms with Crippen LogP contribution in [-0.4, -0.2) is 31.3 Å². The van der Waals surface area contributed by atoms with Gasteiger partial charge >= 0.3 is 0 Å². The van der Waals surface area contributed by atoms with Gasteiger partial charge in [-0.1, -0.05) is 36.4 Å². The zero-order chi connectivity index (χ0) is 13.4. The molecule has 1 N–H and O–H groups in total. The molecule has 1 aliphatic heterocycles. The number of anilines is 1. The van der Waals surface area contributed by atoms with Gasteiger partial charge in [0.2, 0.25) is 0 Å². The Hall–Kier alpha value is -1.84. The predicted octanol–water partition coefficient (Wildman–Crippen LogP) is 2.92. The molecule has 1 aliphatic carbocycles. The minimum atomic E-state index is 0.808. The summed E-state index contributed by atoms with van der Waals surface area (Å²) in [6.07, 6.45) is 1.03. The van der Waals surface area contributed by atoms with Gasteiger partial charge in [-0.2, -0.15) is 0 Å². The summed E-state index contributed by atoms with van der Waals surface area (Å²) < 4.78 is 5.40. The van der Waals surface area contributed by atoms with E-state index in [2.05, 4.69) is 52.9 Å². The van der Waals surface area contributed by atoms with Crippen molar-refractivity contribution < 1.29 is 4.74 Å². The van der Waals surface area contributed by atoms with E-state index in [0.717, 1.165) is 32.7 Å². The Morgan fingerprint density at radius 3 is 2.60 bits per heavy atom. The molecule has 0 unspecified atom stereocenters. The molecule has 3 nitrogen and oxygen atoms in total. The molecule has 0 aromatic heterocycles. The largest absolute Gasteiger partial charge is 0.379 e. The van der Waals surface area contributed by atoms with Gasteiger partial charge in [-0.3, -0.25) is 0 Å². The van der Waals surface area contributed by atoms with Crippen LogP contribution in [0.2, 0.25) is 0 Å². The molecular formula is C17H18N2O. The van der Waals surface area contributed by atoms with Crippen LogP contribution in [0.1, 0.15) is 11.1 Å². The van der Waals surface area contributed by atoms with Gasteiger partial charge < -0.3 is 10.2 Å². The van der Waals surface area contributed by atoms with Gasteiger partial charge in [-0.05, 0) is 28.3 Å². The van der Waals surface area contributed by atoms with E-state index >= 15 is 0 Å². The van der Waals surface area contributed by atoms with Crippen molar-refractivity contribution in [3.63, 3.8) is 0 Å². The summed E-state index contributed by atoms with van der Waals surface area (Å²) in [6, 6.07) is 15.2. The highest BCUT2D eigenvalue weighted by Crippen LogP contribution is 2.40. The summed E-state index contributed by atoms with van der Waals surface area (Å²) in [5.41, 5.74) is 10.4. The van der Waals surface area contributed by atoms with Gasteiger partial charge in [0.15, 0.2) is 0 Å². The summed E-state index contributed by atoms with van der Waals surface area (Å²) in [5, 5.41) is 2.25. The molecule has 20 heavy (non-hydrogen) atoms. The lowest BCUT2D eigenvalue weighted by molar-refractivity contribution is 0.0496. The molecule has 1 saturated heterocycles. The van der Waals surface area contributed by atoms with Crippen LogP contribution in [-0.2, 0) is 11.2 Å². The van der Waals surface area contributed by atoms with E-state index < -0.39 is 0 Å². The number of nitrogens with zero attached hydrogens (tertiary/aromatic N) is 1. The Bertz CT molecular complexity index is 633. The highest BCUT2D eigenvalue weighted by molar-refractivity contribution is 5.81. The van der Waals surface area contributed by atoms with Crippen molar-refractivity contribution in [2.24, 2.45) is 0 Å². The number of nitrogens with one attached hydrogen (secondary N) is 1. The van der Waals surface area contributed by atoms with Crippen LogP contribution in [0.25, 0.3) is 11.1 Å². The molecule has 2 aromatic rings. The van der Waals surface area contributed by atoms with Crippen LogP contribution in [0.15, 0.2) is 42.5 Å². The number of fused-ring (bicyclic) bond motifs is 3. The first-order valence-corrected chi connectivity index (χ1v) is 7.21. The molecule has 2 aliphatic rings. The van der Waals surface area contributed by atoms with E-state index in [0.29, 0.717) is 0 Å². The zero-order valence-corrected chi connectivity index (χ0v) is 11.4. The minimum absolute atomic E-state index is 0.808. The first kappa shape index (κ1) is 11.9. The van der Waals surface area contributed by atoms with Crippen LogP contribution in [0, 0.1) is 0 Å². The monoisotopic (exact) mass is 266 g/mol. The molecular weight excluding hydrogens is 248 g/mol. The summed E-state index contributed by atoms with van der Waals surface area (Å²) >= 11 is 0. The van der Waals surface area contributed by atoms with Crippen LogP contribution in [0.4, 0.5) is 5.69 Å². The molecule has 0 saturated carbocycles. The van der Waals surface area contributed by atoms with Crippen molar-refractivity contribution in [1.29, 1.82) is 0 Å². The Kier molecular flexibility index (Phi) is 2.94. The molecule has 0 atom stereocenters. The maximum Gasteiger partial charge on any atom is 0.0612 e. The lowest BCUT2D eigenvalue weighted by Gasteiger charge is -2.28. The van der Waals surface area contributed by atoms with E-state index in [-0.39, 0.29) is 0 Å². The van der Waals surface area contributed by atoms with Gasteiger partial charge in [-0.15, -0.1) is 0 Å². The SMILES string of the molecule is c1ccc2c(c1)Cc1c(NN3CCOCC3)cccc1-2. The summed E-state index contributed by atoms with van der Waals surface area (Å²) in [4.78, 5) is 0. The molecule has 102 valence electrons. The fourth-order valence-corrected chi connectivity index (χ4v) is 3.11. The Labute approximate surface area is 119 Å². The lowest BCUT2D eigenvalue weighted by Crippen LogP contribution is -2.40. The van der Waals surface area contributed by atoms with Crippen molar-refractivity contribution in [3.8, 4) is 11.1 Å². The topological polar surface area (TPSA) is 24.5 Å². The van der Waals surface area contributed by atoms with Crippen LogP contribution in [0.5, 0.6) is 0 Å². The van der Waals surface area contributed by atoms with E-state index in [4.69, 9.17) is 4.74 Å². The average molecular weight is 266 g/mol. The van der Waals surface area contributed by atoms with Crippen molar-refractivity contribution in [2.75, 3.05) is 31.7 Å². The second-order valence-corrected chi connectivity index (χ2v) is 5.38. The third-order valence-corrected chi connectivity index (χ3v) is 4.14. The smallest absolute Gasteiger partial charge is 0.0612 e. The Morgan fingerprint density at radius 1 is 0.900 bits per heavy atom. The molecule has 4 rings (SSSR count). The van der Waals surface area contributed by atoms with Gasteiger partial charge in [0.25, 0.3) is 0 Å². The van der Waals surface area contributed by atoms with Crippen molar-refractivity contribution in [1.82, 2.24) is 5.01 Å². The quantitative estimate of drug-likeness (QED) is 0.772. The first-order valence-electron chi connectivity index (χ1n) is 7.21. The maximum absolute atomic E-state index is 5.40. The van der Waals surface area contributed by atoms with E-state index in [1.807, 2.05) is 0 Å². The van der Waals surface area contributed by atoms with Gasteiger partial charge in [-0.25, -0.2) is 5.01 Å². The molecule has 3 heteroatoms. The number of hydrogen-bond acceptors (Lipinski definition) is 3. The molecule has 0 radical (unpaired) electrons. The second-order valence-electron chi connectivity index (χ2n) is 5.38. The Morgan fingerprint density at radius 2 is 1.70 bits per heavy atom. The maximum atomic E-state index is 5.40.